The van der Waals surface area contributed by atoms with E-state index in [-0.39, 0.29) is 5.91 Å². The summed E-state index contributed by atoms with van der Waals surface area (Å²) in [6.45, 7) is 3.88. The van der Waals surface area contributed by atoms with Crippen LogP contribution >= 0.6 is 0 Å². The molecule has 4 aromatic carbocycles. The molecule has 0 aliphatic rings. The Hall–Kier alpha value is -4.51. The third kappa shape index (κ3) is 4.20. The number of benzene rings is 4. The fourth-order valence-corrected chi connectivity index (χ4v) is 4.64. The van der Waals surface area contributed by atoms with Crippen LogP contribution in [0.4, 0.5) is 5.69 Å². The van der Waals surface area contributed by atoms with Crippen LogP contribution in [-0.4, -0.2) is 20.1 Å². The lowest BCUT2D eigenvalue weighted by atomic mass is 9.95. The first kappa shape index (κ1) is 23.2. The number of hydrogen-bond acceptors (Lipinski definition) is 4. The summed E-state index contributed by atoms with van der Waals surface area (Å²) in [5.41, 5.74) is 5.93. The van der Waals surface area contributed by atoms with Crippen LogP contribution < -0.4 is 14.8 Å². The molecule has 0 fully saturated rings. The Balaban J connectivity index is 1.57. The van der Waals surface area contributed by atoms with E-state index in [0.29, 0.717) is 17.2 Å². The Morgan fingerprint density at radius 1 is 0.917 bits per heavy atom. The number of allylic oxidation sites excluding steroid dienone is 1. The van der Waals surface area contributed by atoms with E-state index < -0.39 is 0 Å². The van der Waals surface area contributed by atoms with Gasteiger partial charge in [0, 0.05) is 28.2 Å². The van der Waals surface area contributed by atoms with Gasteiger partial charge in [-0.15, -0.1) is 0 Å². The van der Waals surface area contributed by atoms with E-state index in [1.807, 2.05) is 44.2 Å². The Morgan fingerprint density at radius 3 is 2.44 bits per heavy atom. The van der Waals surface area contributed by atoms with E-state index in [4.69, 9.17) is 13.9 Å². The Kier molecular flexibility index (Phi) is 6.21. The molecule has 0 aliphatic heterocycles. The number of aryl methyl sites for hydroxylation is 1. The maximum atomic E-state index is 12.9. The standard InChI is InChI=1S/C31H27NO4/c1-19(15-29(33)32-27-11-7-8-12-28(27)34-3)24-17-25-26(18-36-31(25)20(2)30(24)35-4)23-14-13-21-9-5-6-10-22(21)16-23/h5-18H,1-4H3,(H,32,33)/b19-15+. The minimum absolute atomic E-state index is 0.251. The highest BCUT2D eigenvalue weighted by atomic mass is 16.5. The summed E-state index contributed by atoms with van der Waals surface area (Å²) in [7, 11) is 3.21. The van der Waals surface area contributed by atoms with Crippen molar-refractivity contribution in [3.8, 4) is 22.6 Å². The molecule has 5 nitrogen and oxygen atoms in total. The van der Waals surface area contributed by atoms with Crippen LogP contribution in [0, 0.1) is 6.92 Å². The quantitative estimate of drug-likeness (QED) is 0.256. The number of anilines is 1. The molecule has 5 rings (SSSR count). The molecule has 0 atom stereocenters. The fraction of sp³-hybridized carbons (Fsp3) is 0.129. The van der Waals surface area contributed by atoms with Gasteiger partial charge in [-0.05, 0) is 60.0 Å². The van der Waals surface area contributed by atoms with Gasteiger partial charge in [-0.3, -0.25) is 4.79 Å². The zero-order valence-electron chi connectivity index (χ0n) is 20.7. The number of fused-ring (bicyclic) bond motifs is 2. The highest BCUT2D eigenvalue weighted by Gasteiger charge is 2.19. The average Bonchev–Trinajstić information content (AvgIpc) is 3.33. The van der Waals surface area contributed by atoms with E-state index in [0.717, 1.165) is 38.8 Å². The molecule has 1 aromatic heterocycles. The van der Waals surface area contributed by atoms with Crippen molar-refractivity contribution in [3.05, 3.63) is 96.3 Å². The third-order valence-corrected chi connectivity index (χ3v) is 6.45. The number of amides is 1. The van der Waals surface area contributed by atoms with Gasteiger partial charge >= 0.3 is 0 Å². The summed E-state index contributed by atoms with van der Waals surface area (Å²) in [4.78, 5) is 12.9. The van der Waals surface area contributed by atoms with Crippen LogP contribution in [0.25, 0.3) is 38.4 Å². The summed E-state index contributed by atoms with van der Waals surface area (Å²) >= 11 is 0. The number of rotatable bonds is 6. The number of hydrogen-bond donors (Lipinski definition) is 1. The third-order valence-electron chi connectivity index (χ3n) is 6.45. The minimum atomic E-state index is -0.251. The molecule has 0 aliphatic carbocycles. The van der Waals surface area contributed by atoms with E-state index in [1.165, 1.54) is 10.8 Å². The number of furan rings is 1. The van der Waals surface area contributed by atoms with Crippen molar-refractivity contribution >= 4 is 38.9 Å². The van der Waals surface area contributed by atoms with Gasteiger partial charge in [0.25, 0.3) is 0 Å². The number of methoxy groups -OCH3 is 2. The lowest BCUT2D eigenvalue weighted by molar-refractivity contribution is -0.111. The zero-order valence-corrected chi connectivity index (χ0v) is 20.7. The fourth-order valence-electron chi connectivity index (χ4n) is 4.64. The first-order chi connectivity index (χ1) is 17.5. The smallest absolute Gasteiger partial charge is 0.248 e. The van der Waals surface area contributed by atoms with Gasteiger partial charge in [0.15, 0.2) is 0 Å². The Morgan fingerprint density at radius 2 is 1.67 bits per heavy atom. The molecule has 0 bridgehead atoms. The lowest BCUT2D eigenvalue weighted by Gasteiger charge is -2.14. The highest BCUT2D eigenvalue weighted by molar-refractivity contribution is 6.06. The lowest BCUT2D eigenvalue weighted by Crippen LogP contribution is -2.09. The van der Waals surface area contributed by atoms with Crippen LogP contribution in [0.1, 0.15) is 18.1 Å². The van der Waals surface area contributed by atoms with Gasteiger partial charge in [0.05, 0.1) is 26.2 Å². The molecule has 0 spiro atoms. The second kappa shape index (κ2) is 9.62. The molecule has 1 amide bonds. The van der Waals surface area contributed by atoms with E-state index in [2.05, 4.69) is 35.6 Å². The van der Waals surface area contributed by atoms with Crippen molar-refractivity contribution in [2.24, 2.45) is 0 Å². The van der Waals surface area contributed by atoms with Crippen molar-refractivity contribution in [1.29, 1.82) is 0 Å². The zero-order chi connectivity index (χ0) is 25.2. The average molecular weight is 478 g/mol. The maximum absolute atomic E-state index is 12.9. The number of carbonyl (C=O) groups excluding carboxylic acids is 1. The molecular formula is C31H27NO4. The van der Waals surface area contributed by atoms with Crippen LogP contribution in [0.5, 0.6) is 11.5 Å². The van der Waals surface area contributed by atoms with Crippen molar-refractivity contribution < 1.29 is 18.7 Å². The predicted molar refractivity (Wildman–Crippen MR) is 146 cm³/mol. The van der Waals surface area contributed by atoms with Gasteiger partial charge < -0.3 is 19.2 Å². The first-order valence-electron chi connectivity index (χ1n) is 11.7. The molecule has 1 heterocycles. The second-order valence-corrected chi connectivity index (χ2v) is 8.69. The van der Waals surface area contributed by atoms with Crippen LogP contribution in [0.3, 0.4) is 0 Å². The summed E-state index contributed by atoms with van der Waals surface area (Å²) < 4.78 is 17.1. The molecule has 0 unspecified atom stereocenters. The normalized spacial score (nSPS) is 11.6. The van der Waals surface area contributed by atoms with Crippen LogP contribution in [0.2, 0.25) is 0 Å². The van der Waals surface area contributed by atoms with Crippen molar-refractivity contribution in [2.45, 2.75) is 13.8 Å². The number of ether oxygens (including phenoxy) is 2. The summed E-state index contributed by atoms with van der Waals surface area (Å²) in [5.74, 6) is 1.03. The highest BCUT2D eigenvalue weighted by Crippen LogP contribution is 2.41. The molecule has 180 valence electrons. The molecule has 0 saturated heterocycles. The van der Waals surface area contributed by atoms with Crippen molar-refractivity contribution in [3.63, 3.8) is 0 Å². The Bertz CT molecular complexity index is 1630. The summed E-state index contributed by atoms with van der Waals surface area (Å²) in [6.07, 6.45) is 3.36. The van der Waals surface area contributed by atoms with Crippen LogP contribution in [0.15, 0.2) is 89.6 Å². The summed E-state index contributed by atoms with van der Waals surface area (Å²) in [5, 5.41) is 6.22. The SMILES string of the molecule is COc1ccccc1NC(=O)/C=C(\C)c1cc2c(-c3ccc4ccccc4c3)coc2c(C)c1OC. The summed E-state index contributed by atoms with van der Waals surface area (Å²) in [6, 6.07) is 24.0. The van der Waals surface area contributed by atoms with Gasteiger partial charge in [-0.1, -0.05) is 48.5 Å². The minimum Gasteiger partial charge on any atom is -0.496 e. The maximum Gasteiger partial charge on any atom is 0.248 e. The molecule has 0 saturated carbocycles. The van der Waals surface area contributed by atoms with Crippen LogP contribution in [-0.2, 0) is 4.79 Å². The van der Waals surface area contributed by atoms with Gasteiger partial charge in [0.1, 0.15) is 17.1 Å². The molecule has 0 radical (unpaired) electrons. The van der Waals surface area contributed by atoms with E-state index in [9.17, 15) is 4.79 Å². The monoisotopic (exact) mass is 477 g/mol. The largest absolute Gasteiger partial charge is 0.496 e. The molecule has 36 heavy (non-hydrogen) atoms. The van der Waals surface area contributed by atoms with E-state index >= 15 is 0 Å². The topological polar surface area (TPSA) is 60.7 Å². The van der Waals surface area contributed by atoms with E-state index in [1.54, 1.807) is 38.7 Å². The van der Waals surface area contributed by atoms with Gasteiger partial charge in [0.2, 0.25) is 5.91 Å². The number of para-hydroxylation sites is 2. The second-order valence-electron chi connectivity index (χ2n) is 8.69. The molecule has 5 heteroatoms. The predicted octanol–water partition coefficient (Wildman–Crippen LogP) is 7.62. The van der Waals surface area contributed by atoms with Crippen molar-refractivity contribution in [2.75, 3.05) is 19.5 Å². The molecular weight excluding hydrogens is 450 g/mol. The van der Waals surface area contributed by atoms with Crippen molar-refractivity contribution in [1.82, 2.24) is 0 Å². The van der Waals surface area contributed by atoms with Gasteiger partial charge in [-0.2, -0.15) is 0 Å². The van der Waals surface area contributed by atoms with Gasteiger partial charge in [-0.25, -0.2) is 0 Å². The number of carbonyl (C=O) groups is 1. The first-order valence-corrected chi connectivity index (χ1v) is 11.7. The molecule has 1 N–H and O–H groups in total. The molecule has 5 aromatic rings. The number of nitrogens with one attached hydrogen (secondary N) is 1. The Labute approximate surface area is 210 Å².